The minimum atomic E-state index is -0.713. The highest BCUT2D eigenvalue weighted by Gasteiger charge is 2.53. The van der Waals surface area contributed by atoms with Crippen LogP contribution in [0.5, 0.6) is 11.5 Å². The van der Waals surface area contributed by atoms with E-state index in [0.29, 0.717) is 22.8 Å². The van der Waals surface area contributed by atoms with E-state index < -0.39 is 5.72 Å². The highest BCUT2D eigenvalue weighted by atomic mass is 32.1. The van der Waals surface area contributed by atoms with Gasteiger partial charge in [-0.1, -0.05) is 48.5 Å². The number of amides is 1. The number of ether oxygens (including phenoxy) is 2. The highest BCUT2D eigenvalue weighted by Crippen LogP contribution is 2.49. The molecule has 156 valence electrons. The van der Waals surface area contributed by atoms with Crippen molar-refractivity contribution in [2.45, 2.75) is 25.1 Å². The molecule has 0 saturated carbocycles. The van der Waals surface area contributed by atoms with E-state index in [1.165, 1.54) is 0 Å². The summed E-state index contributed by atoms with van der Waals surface area (Å²) in [6.07, 6.45) is 0.583. The van der Waals surface area contributed by atoms with E-state index >= 15 is 0 Å². The Morgan fingerprint density at radius 2 is 1.71 bits per heavy atom. The summed E-state index contributed by atoms with van der Waals surface area (Å²) in [6.45, 7) is 2.03. The molecule has 1 amide bonds. The second kappa shape index (κ2) is 7.39. The van der Waals surface area contributed by atoms with Gasteiger partial charge < -0.3 is 9.47 Å². The largest absolute Gasteiger partial charge is 0.496 e. The average molecular weight is 431 g/mol. The first kappa shape index (κ1) is 19.6. The van der Waals surface area contributed by atoms with E-state index in [9.17, 15) is 4.79 Å². The number of anilines is 1. The van der Waals surface area contributed by atoms with Crippen LogP contribution in [0.4, 0.5) is 5.69 Å². The molecule has 3 aromatic carbocycles. The van der Waals surface area contributed by atoms with Gasteiger partial charge in [-0.15, -0.1) is 0 Å². The number of nitrogens with zero attached hydrogens (tertiary/aromatic N) is 2. The van der Waals surface area contributed by atoms with Gasteiger partial charge in [0.2, 0.25) is 0 Å². The van der Waals surface area contributed by atoms with Gasteiger partial charge in [0.1, 0.15) is 11.5 Å². The monoisotopic (exact) mass is 430 g/mol. The van der Waals surface area contributed by atoms with E-state index in [2.05, 4.69) is 0 Å². The van der Waals surface area contributed by atoms with Crippen molar-refractivity contribution in [3.8, 4) is 11.5 Å². The molecule has 2 unspecified atom stereocenters. The fraction of sp³-hybridized carbons (Fsp3) is 0.200. The smallest absolute Gasteiger partial charge is 0.264 e. The number of benzene rings is 3. The summed E-state index contributed by atoms with van der Waals surface area (Å²) in [5.74, 6) is 1.10. The molecule has 0 N–H and O–H groups in total. The molecule has 2 aliphatic heterocycles. The molecule has 0 aromatic heterocycles. The topological polar surface area (TPSA) is 42.0 Å². The molecule has 2 aliphatic rings. The van der Waals surface area contributed by atoms with Crippen molar-refractivity contribution in [3.63, 3.8) is 0 Å². The number of fused-ring (bicyclic) bond motifs is 4. The molecule has 6 heteroatoms. The number of para-hydroxylation sites is 3. The predicted octanol–water partition coefficient (Wildman–Crippen LogP) is 5.18. The molecule has 1 fully saturated rings. The first-order valence-corrected chi connectivity index (χ1v) is 10.6. The summed E-state index contributed by atoms with van der Waals surface area (Å²) in [5, 5.41) is 0.412. The van der Waals surface area contributed by atoms with Crippen molar-refractivity contribution >= 4 is 28.9 Å². The Labute approximate surface area is 186 Å². The molecular weight excluding hydrogens is 408 g/mol. The Balaban J connectivity index is 1.69. The van der Waals surface area contributed by atoms with Crippen LogP contribution in [0, 0.1) is 0 Å². The molecule has 3 aromatic rings. The normalized spacial score (nSPS) is 21.9. The Bertz CT molecular complexity index is 1170. The Kier molecular flexibility index (Phi) is 4.67. The SMILES string of the molecule is COc1ccccc1C(=O)N1C(=S)N(c2ccccc2)C2(C)CC1c1ccccc1O2. The van der Waals surface area contributed by atoms with Crippen LogP contribution in [0.15, 0.2) is 78.9 Å². The predicted molar refractivity (Wildman–Crippen MR) is 124 cm³/mol. The number of thiocarbonyl (C=S) groups is 1. The van der Waals surface area contributed by atoms with Crippen molar-refractivity contribution < 1.29 is 14.3 Å². The summed E-state index contributed by atoms with van der Waals surface area (Å²) >= 11 is 5.95. The van der Waals surface area contributed by atoms with Gasteiger partial charge in [-0.2, -0.15) is 0 Å². The van der Waals surface area contributed by atoms with Gasteiger partial charge in [-0.25, -0.2) is 0 Å². The van der Waals surface area contributed by atoms with Crippen LogP contribution >= 0.6 is 12.2 Å². The van der Waals surface area contributed by atoms with Crippen molar-refractivity contribution in [2.24, 2.45) is 0 Å². The maximum Gasteiger partial charge on any atom is 0.264 e. The molecule has 1 saturated heterocycles. The second-order valence-corrected chi connectivity index (χ2v) is 8.23. The summed E-state index contributed by atoms with van der Waals surface area (Å²) < 4.78 is 12.0. The van der Waals surface area contributed by atoms with Crippen LogP contribution < -0.4 is 14.4 Å². The Morgan fingerprint density at radius 3 is 2.48 bits per heavy atom. The Hall–Kier alpha value is -3.38. The van der Waals surface area contributed by atoms with Gasteiger partial charge >= 0.3 is 0 Å². The van der Waals surface area contributed by atoms with Crippen LogP contribution in [-0.2, 0) is 0 Å². The van der Waals surface area contributed by atoms with E-state index in [1.807, 2.05) is 78.6 Å². The molecule has 0 radical (unpaired) electrons. The van der Waals surface area contributed by atoms with Crippen LogP contribution in [0.2, 0.25) is 0 Å². The van der Waals surface area contributed by atoms with Gasteiger partial charge in [0, 0.05) is 17.7 Å². The first-order valence-electron chi connectivity index (χ1n) is 10.2. The van der Waals surface area contributed by atoms with Crippen LogP contribution in [-0.4, -0.2) is 28.8 Å². The summed E-state index contributed by atoms with van der Waals surface area (Å²) in [5.41, 5.74) is 1.60. The zero-order valence-electron chi connectivity index (χ0n) is 17.3. The quantitative estimate of drug-likeness (QED) is 0.536. The van der Waals surface area contributed by atoms with Crippen molar-refractivity contribution in [1.82, 2.24) is 4.90 Å². The number of rotatable bonds is 3. The molecule has 2 atom stereocenters. The minimum absolute atomic E-state index is 0.188. The minimum Gasteiger partial charge on any atom is -0.496 e. The number of carbonyl (C=O) groups excluding carboxylic acids is 1. The van der Waals surface area contributed by atoms with E-state index in [1.54, 1.807) is 24.1 Å². The molecular formula is C25H22N2O3S. The summed E-state index contributed by atoms with van der Waals surface area (Å²) in [7, 11) is 1.57. The van der Waals surface area contributed by atoms with E-state index in [4.69, 9.17) is 21.7 Å². The van der Waals surface area contributed by atoms with Gasteiger partial charge in [0.25, 0.3) is 5.91 Å². The third-order valence-electron chi connectivity index (χ3n) is 5.93. The third-order valence-corrected chi connectivity index (χ3v) is 6.31. The van der Waals surface area contributed by atoms with Crippen LogP contribution in [0.3, 0.4) is 0 Å². The summed E-state index contributed by atoms with van der Waals surface area (Å²) in [4.78, 5) is 17.5. The molecule has 2 bridgehead atoms. The fourth-order valence-corrected chi connectivity index (χ4v) is 5.06. The lowest BCUT2D eigenvalue weighted by molar-refractivity contribution is 0.0183. The number of hydrogen-bond acceptors (Lipinski definition) is 4. The van der Waals surface area contributed by atoms with Gasteiger partial charge in [0.15, 0.2) is 10.8 Å². The number of methoxy groups -OCH3 is 1. The highest BCUT2D eigenvalue weighted by molar-refractivity contribution is 7.80. The maximum absolute atomic E-state index is 13.9. The second-order valence-electron chi connectivity index (χ2n) is 7.86. The molecule has 5 nitrogen and oxygen atoms in total. The van der Waals surface area contributed by atoms with Crippen molar-refractivity contribution in [3.05, 3.63) is 90.0 Å². The molecule has 5 rings (SSSR count). The average Bonchev–Trinajstić information content (AvgIpc) is 2.79. The maximum atomic E-state index is 13.9. The number of hydrogen-bond donors (Lipinski definition) is 0. The number of carbonyl (C=O) groups is 1. The van der Waals surface area contributed by atoms with Gasteiger partial charge in [0.05, 0.1) is 18.7 Å². The zero-order valence-corrected chi connectivity index (χ0v) is 18.1. The van der Waals surface area contributed by atoms with Crippen LogP contribution in [0.25, 0.3) is 0 Å². The zero-order chi connectivity index (χ0) is 21.6. The lowest BCUT2D eigenvalue weighted by Crippen LogP contribution is -2.67. The molecule has 0 spiro atoms. The summed E-state index contributed by atoms with van der Waals surface area (Å²) in [6, 6.07) is 24.7. The van der Waals surface area contributed by atoms with E-state index in [0.717, 1.165) is 17.0 Å². The fourth-order valence-electron chi connectivity index (χ4n) is 4.55. The lowest BCUT2D eigenvalue weighted by Gasteiger charge is -2.55. The first-order chi connectivity index (χ1) is 15.0. The van der Waals surface area contributed by atoms with Gasteiger partial charge in [-0.05, 0) is 49.5 Å². The van der Waals surface area contributed by atoms with Gasteiger partial charge in [-0.3, -0.25) is 14.6 Å². The lowest BCUT2D eigenvalue weighted by atomic mass is 9.88. The van der Waals surface area contributed by atoms with Crippen LogP contribution in [0.1, 0.15) is 35.3 Å². The third kappa shape index (κ3) is 3.06. The van der Waals surface area contributed by atoms with Crippen molar-refractivity contribution in [1.29, 1.82) is 0 Å². The Morgan fingerprint density at radius 1 is 1.03 bits per heavy atom. The van der Waals surface area contributed by atoms with E-state index in [-0.39, 0.29) is 11.9 Å². The van der Waals surface area contributed by atoms with Crippen molar-refractivity contribution in [2.75, 3.05) is 12.0 Å². The standard InChI is InChI=1S/C25H22N2O3S/c1-25-16-20(18-12-6-9-15-22(18)30-25)26(23(28)19-13-7-8-14-21(19)29-2)24(31)27(25)17-10-4-3-5-11-17/h3-15,20H,16H2,1-2H3. The molecule has 2 heterocycles. The molecule has 0 aliphatic carbocycles. The molecule has 31 heavy (non-hydrogen) atoms.